The van der Waals surface area contributed by atoms with Crippen molar-refractivity contribution < 1.29 is 18.3 Å². The molecular weight excluding hydrogens is 314 g/mol. The fraction of sp³-hybridized carbons (Fsp3) is 0.647. The molecule has 0 saturated carbocycles. The maximum Gasteiger partial charge on any atom is 0.150 e. The normalized spacial score (nSPS) is 28.8. The van der Waals surface area contributed by atoms with E-state index < -0.39 is 9.84 Å². The third-order valence-electron chi connectivity index (χ3n) is 5.03. The predicted octanol–water partition coefficient (Wildman–Crippen LogP) is 1.63. The zero-order valence-electron chi connectivity index (χ0n) is 13.5. The lowest BCUT2D eigenvalue weighted by Crippen LogP contribution is -2.34. The van der Waals surface area contributed by atoms with Crippen LogP contribution in [0.15, 0.2) is 24.3 Å². The highest BCUT2D eigenvalue weighted by molar-refractivity contribution is 7.91. The van der Waals surface area contributed by atoms with Crippen molar-refractivity contribution >= 4 is 9.84 Å². The van der Waals surface area contributed by atoms with Gasteiger partial charge in [-0.25, -0.2) is 8.42 Å². The topological polar surface area (TPSA) is 66.8 Å². The smallest absolute Gasteiger partial charge is 0.150 e. The van der Waals surface area contributed by atoms with Crippen LogP contribution in [0.1, 0.15) is 30.9 Å². The molecule has 23 heavy (non-hydrogen) atoms. The molecular formula is C17H25NO4S. The minimum atomic E-state index is -2.82. The first-order valence-electron chi connectivity index (χ1n) is 8.23. The number of rotatable bonds is 4. The molecule has 2 fully saturated rings. The zero-order valence-corrected chi connectivity index (χ0v) is 14.3. The molecule has 2 aliphatic rings. The van der Waals surface area contributed by atoms with E-state index in [1.165, 1.54) is 0 Å². The Labute approximate surface area is 138 Å². The van der Waals surface area contributed by atoms with Crippen LogP contribution in [0.25, 0.3) is 0 Å². The Balaban J connectivity index is 1.70. The zero-order chi connectivity index (χ0) is 16.4. The Morgan fingerprint density at radius 1 is 1.30 bits per heavy atom. The van der Waals surface area contributed by atoms with Gasteiger partial charge in [-0.15, -0.1) is 0 Å². The van der Waals surface area contributed by atoms with Crippen LogP contribution in [-0.4, -0.2) is 56.2 Å². The molecule has 2 aliphatic heterocycles. The molecule has 0 amide bonds. The van der Waals surface area contributed by atoms with E-state index in [0.717, 1.165) is 37.1 Å². The molecule has 0 aliphatic carbocycles. The molecule has 1 aromatic rings. The van der Waals surface area contributed by atoms with Crippen LogP contribution < -0.4 is 4.74 Å². The molecule has 3 rings (SSSR count). The van der Waals surface area contributed by atoms with Crippen molar-refractivity contribution in [3.8, 4) is 5.75 Å². The van der Waals surface area contributed by atoms with Crippen molar-refractivity contribution in [3.63, 3.8) is 0 Å². The lowest BCUT2D eigenvalue weighted by Gasteiger charge is -2.31. The van der Waals surface area contributed by atoms with Crippen LogP contribution in [-0.2, 0) is 9.84 Å². The summed E-state index contributed by atoms with van der Waals surface area (Å²) >= 11 is 0. The van der Waals surface area contributed by atoms with Gasteiger partial charge in [0.1, 0.15) is 15.6 Å². The predicted molar refractivity (Wildman–Crippen MR) is 89.3 cm³/mol. The van der Waals surface area contributed by atoms with E-state index in [9.17, 15) is 13.5 Å². The Kier molecular flexibility index (Phi) is 4.94. The average Bonchev–Trinajstić information content (AvgIpc) is 2.90. The van der Waals surface area contributed by atoms with E-state index in [1.807, 2.05) is 18.2 Å². The van der Waals surface area contributed by atoms with Gasteiger partial charge in [-0.05, 0) is 42.9 Å². The minimum Gasteiger partial charge on any atom is -0.497 e. The van der Waals surface area contributed by atoms with Gasteiger partial charge in [0.05, 0.1) is 24.7 Å². The van der Waals surface area contributed by atoms with E-state index in [4.69, 9.17) is 4.74 Å². The number of methoxy groups -OCH3 is 1. The quantitative estimate of drug-likeness (QED) is 0.903. The summed E-state index contributed by atoms with van der Waals surface area (Å²) in [6, 6.07) is 8.18. The van der Waals surface area contributed by atoms with Gasteiger partial charge in [0.15, 0.2) is 0 Å². The summed E-state index contributed by atoms with van der Waals surface area (Å²) in [6.07, 6.45) is 1.87. The number of hydrogen-bond donors (Lipinski definition) is 1. The Morgan fingerprint density at radius 3 is 2.74 bits per heavy atom. The monoisotopic (exact) mass is 339 g/mol. The van der Waals surface area contributed by atoms with Crippen molar-refractivity contribution in [2.24, 2.45) is 5.92 Å². The standard InChI is InChI=1S/C17H25NO4S/c1-22-16-4-2-3-14(9-16)17-10-15(19)12-18(17)11-13-5-7-23(20,21)8-6-13/h2-4,9,13,15,17,19H,5-8,10-12H2,1H3/t15-,17+/m1/s1. The summed E-state index contributed by atoms with van der Waals surface area (Å²) in [4.78, 5) is 2.31. The first-order valence-corrected chi connectivity index (χ1v) is 10.1. The van der Waals surface area contributed by atoms with Crippen LogP contribution >= 0.6 is 0 Å². The molecule has 0 spiro atoms. The maximum atomic E-state index is 11.6. The first-order chi connectivity index (χ1) is 11.0. The first kappa shape index (κ1) is 16.7. The van der Waals surface area contributed by atoms with Gasteiger partial charge in [0, 0.05) is 19.1 Å². The fourth-order valence-corrected chi connectivity index (χ4v) is 5.32. The lowest BCUT2D eigenvalue weighted by atomic mass is 9.99. The van der Waals surface area contributed by atoms with Gasteiger partial charge in [-0.1, -0.05) is 12.1 Å². The average molecular weight is 339 g/mol. The largest absolute Gasteiger partial charge is 0.497 e. The summed E-state index contributed by atoms with van der Waals surface area (Å²) in [5.74, 6) is 1.83. The molecule has 0 bridgehead atoms. The molecule has 6 heteroatoms. The molecule has 1 N–H and O–H groups in total. The van der Waals surface area contributed by atoms with Crippen LogP contribution in [0, 0.1) is 5.92 Å². The summed E-state index contributed by atoms with van der Waals surface area (Å²) in [7, 11) is -1.16. The van der Waals surface area contributed by atoms with Gasteiger partial charge in [0.25, 0.3) is 0 Å². The third-order valence-corrected chi connectivity index (χ3v) is 6.74. The van der Waals surface area contributed by atoms with Crippen molar-refractivity contribution in [3.05, 3.63) is 29.8 Å². The van der Waals surface area contributed by atoms with Gasteiger partial charge in [-0.3, -0.25) is 4.90 Å². The Bertz CT molecular complexity index is 632. The molecule has 128 valence electrons. The van der Waals surface area contributed by atoms with E-state index in [0.29, 0.717) is 24.0 Å². The van der Waals surface area contributed by atoms with Crippen molar-refractivity contribution in [2.45, 2.75) is 31.4 Å². The van der Waals surface area contributed by atoms with E-state index in [1.54, 1.807) is 7.11 Å². The van der Waals surface area contributed by atoms with Crippen molar-refractivity contribution in [1.82, 2.24) is 4.90 Å². The summed E-state index contributed by atoms with van der Waals surface area (Å²) in [5, 5.41) is 10.1. The lowest BCUT2D eigenvalue weighted by molar-refractivity contribution is 0.163. The molecule has 1 aromatic carbocycles. The summed E-state index contributed by atoms with van der Waals surface area (Å²) in [6.45, 7) is 1.51. The van der Waals surface area contributed by atoms with Gasteiger partial charge in [0.2, 0.25) is 0 Å². The number of aliphatic hydroxyl groups is 1. The number of aliphatic hydroxyl groups excluding tert-OH is 1. The molecule has 0 aromatic heterocycles. The Hall–Kier alpha value is -1.11. The highest BCUT2D eigenvalue weighted by Gasteiger charge is 2.34. The highest BCUT2D eigenvalue weighted by Crippen LogP contribution is 2.35. The molecule has 2 heterocycles. The number of β-amino-alcohol motifs (C(OH)–C–C–N with tert-alkyl or cyclic N) is 1. The van der Waals surface area contributed by atoms with Crippen LogP contribution in [0.2, 0.25) is 0 Å². The fourth-order valence-electron chi connectivity index (χ4n) is 3.73. The van der Waals surface area contributed by atoms with E-state index >= 15 is 0 Å². The molecule has 5 nitrogen and oxygen atoms in total. The highest BCUT2D eigenvalue weighted by atomic mass is 32.2. The third kappa shape index (κ3) is 4.05. The van der Waals surface area contributed by atoms with Gasteiger partial charge >= 0.3 is 0 Å². The van der Waals surface area contributed by atoms with Crippen LogP contribution in [0.5, 0.6) is 5.75 Å². The van der Waals surface area contributed by atoms with Crippen LogP contribution in [0.4, 0.5) is 0 Å². The van der Waals surface area contributed by atoms with Crippen molar-refractivity contribution in [1.29, 1.82) is 0 Å². The van der Waals surface area contributed by atoms with Crippen LogP contribution in [0.3, 0.4) is 0 Å². The van der Waals surface area contributed by atoms with E-state index in [-0.39, 0.29) is 12.1 Å². The minimum absolute atomic E-state index is 0.179. The number of benzene rings is 1. The molecule has 2 atom stereocenters. The molecule has 0 radical (unpaired) electrons. The van der Waals surface area contributed by atoms with Crippen molar-refractivity contribution in [2.75, 3.05) is 31.7 Å². The van der Waals surface area contributed by atoms with Gasteiger partial charge < -0.3 is 9.84 Å². The second kappa shape index (κ2) is 6.79. The second-order valence-electron chi connectivity index (χ2n) is 6.73. The Morgan fingerprint density at radius 2 is 2.04 bits per heavy atom. The number of ether oxygens (including phenoxy) is 1. The second-order valence-corrected chi connectivity index (χ2v) is 9.03. The van der Waals surface area contributed by atoms with Gasteiger partial charge in [-0.2, -0.15) is 0 Å². The summed E-state index contributed by atoms with van der Waals surface area (Å²) < 4.78 is 28.5. The SMILES string of the molecule is COc1cccc([C@@H]2C[C@@H](O)CN2CC2CCS(=O)(=O)CC2)c1. The number of hydrogen-bond acceptors (Lipinski definition) is 5. The maximum absolute atomic E-state index is 11.6. The number of sulfone groups is 1. The molecule has 2 saturated heterocycles. The molecule has 0 unspecified atom stereocenters. The summed E-state index contributed by atoms with van der Waals surface area (Å²) in [5.41, 5.74) is 1.16. The number of nitrogens with zero attached hydrogens (tertiary/aromatic N) is 1. The number of likely N-dealkylation sites (tertiary alicyclic amines) is 1. The van der Waals surface area contributed by atoms with E-state index in [2.05, 4.69) is 11.0 Å².